The summed E-state index contributed by atoms with van der Waals surface area (Å²) in [5.41, 5.74) is 2.33. The van der Waals surface area contributed by atoms with Crippen molar-refractivity contribution >= 4 is 27.3 Å². The van der Waals surface area contributed by atoms with Crippen LogP contribution in [0.25, 0.3) is 0 Å². The molecule has 2 aromatic rings. The minimum absolute atomic E-state index is 0.0960. The van der Waals surface area contributed by atoms with Gasteiger partial charge in [-0.25, -0.2) is 4.39 Å². The largest absolute Gasteiger partial charge is 0.309 e. The molecule has 2 rings (SSSR count). The smallest absolute Gasteiger partial charge is 0.124 e. The first-order chi connectivity index (χ1) is 8.52. The molecule has 0 aliphatic heterocycles. The third kappa shape index (κ3) is 2.66. The van der Waals surface area contributed by atoms with Crippen molar-refractivity contribution in [2.24, 2.45) is 0 Å². The number of aryl methyl sites for hydroxylation is 2. The highest BCUT2D eigenvalue weighted by Gasteiger charge is 2.19. The van der Waals surface area contributed by atoms with E-state index in [4.69, 9.17) is 0 Å². The second kappa shape index (κ2) is 5.51. The number of thiophene rings is 1. The van der Waals surface area contributed by atoms with Crippen LogP contribution in [0.1, 0.15) is 26.9 Å². The molecule has 96 valence electrons. The quantitative estimate of drug-likeness (QED) is 0.870. The van der Waals surface area contributed by atoms with Gasteiger partial charge in [-0.1, -0.05) is 22.0 Å². The van der Waals surface area contributed by atoms with Crippen molar-refractivity contribution in [1.82, 2.24) is 5.32 Å². The van der Waals surface area contributed by atoms with Gasteiger partial charge in [0.15, 0.2) is 0 Å². The van der Waals surface area contributed by atoms with E-state index in [0.717, 1.165) is 10.0 Å². The summed E-state index contributed by atoms with van der Waals surface area (Å²) in [6, 6.07) is 7.12. The first-order valence-electron chi connectivity index (χ1n) is 5.72. The molecule has 1 aromatic heterocycles. The van der Waals surface area contributed by atoms with Crippen LogP contribution in [0, 0.1) is 19.7 Å². The second-order valence-corrected chi connectivity index (χ2v) is 6.43. The molecular weight excluding hydrogens is 313 g/mol. The minimum Gasteiger partial charge on any atom is -0.309 e. The van der Waals surface area contributed by atoms with Gasteiger partial charge in [-0.05, 0) is 50.2 Å². The molecular formula is C14H15BrFNS. The molecule has 0 aliphatic carbocycles. The zero-order valence-electron chi connectivity index (χ0n) is 10.6. The standard InChI is InChI=1S/C14H15BrFNS/c1-8-6-9(2)18-14(8)13(17-3)11-5-4-10(16)7-12(11)15/h4-7,13,17H,1-3H3. The van der Waals surface area contributed by atoms with E-state index in [9.17, 15) is 4.39 Å². The zero-order chi connectivity index (χ0) is 13.3. The monoisotopic (exact) mass is 327 g/mol. The van der Waals surface area contributed by atoms with E-state index in [1.165, 1.54) is 27.5 Å². The molecule has 0 spiro atoms. The molecule has 0 aliphatic rings. The molecule has 0 fully saturated rings. The van der Waals surface area contributed by atoms with Crippen LogP contribution in [0.3, 0.4) is 0 Å². The average Bonchev–Trinajstić information content (AvgIpc) is 2.62. The van der Waals surface area contributed by atoms with Crippen LogP contribution in [0.15, 0.2) is 28.7 Å². The van der Waals surface area contributed by atoms with Gasteiger partial charge < -0.3 is 5.32 Å². The Hall–Kier alpha value is -0.710. The number of nitrogens with one attached hydrogen (secondary N) is 1. The maximum Gasteiger partial charge on any atom is 0.124 e. The number of halogens is 2. The van der Waals surface area contributed by atoms with Crippen molar-refractivity contribution in [3.63, 3.8) is 0 Å². The zero-order valence-corrected chi connectivity index (χ0v) is 13.0. The predicted octanol–water partition coefficient (Wildman–Crippen LogP) is 4.58. The topological polar surface area (TPSA) is 12.0 Å². The number of benzene rings is 1. The van der Waals surface area contributed by atoms with E-state index in [0.29, 0.717) is 0 Å². The van der Waals surface area contributed by atoms with Gasteiger partial charge in [-0.2, -0.15) is 0 Å². The third-order valence-corrected chi connectivity index (χ3v) is 4.81. The molecule has 0 bridgehead atoms. The van der Waals surface area contributed by atoms with Crippen molar-refractivity contribution in [2.45, 2.75) is 19.9 Å². The van der Waals surface area contributed by atoms with E-state index in [-0.39, 0.29) is 11.9 Å². The lowest BCUT2D eigenvalue weighted by Crippen LogP contribution is -2.17. The van der Waals surface area contributed by atoms with E-state index in [1.807, 2.05) is 13.1 Å². The van der Waals surface area contributed by atoms with Crippen LogP contribution in [0.4, 0.5) is 4.39 Å². The lowest BCUT2D eigenvalue weighted by atomic mass is 10.0. The van der Waals surface area contributed by atoms with Crippen LogP contribution >= 0.6 is 27.3 Å². The number of rotatable bonds is 3. The Labute approximate surface area is 119 Å². The maximum atomic E-state index is 13.2. The Morgan fingerprint density at radius 1 is 1.28 bits per heavy atom. The Bertz CT molecular complexity index is 565. The fourth-order valence-electron chi connectivity index (χ4n) is 2.11. The summed E-state index contributed by atoms with van der Waals surface area (Å²) in [5.74, 6) is -0.223. The summed E-state index contributed by atoms with van der Waals surface area (Å²) in [4.78, 5) is 2.57. The SMILES string of the molecule is CNC(c1ccc(F)cc1Br)c1sc(C)cc1C. The molecule has 1 nitrogen and oxygen atoms in total. The summed E-state index contributed by atoms with van der Waals surface area (Å²) < 4.78 is 14.0. The fourth-order valence-corrected chi connectivity index (χ4v) is 3.85. The van der Waals surface area contributed by atoms with Crippen LogP contribution in [-0.4, -0.2) is 7.05 Å². The van der Waals surface area contributed by atoms with Gasteiger partial charge in [0.05, 0.1) is 6.04 Å². The minimum atomic E-state index is -0.223. The molecule has 1 heterocycles. The Morgan fingerprint density at radius 3 is 2.50 bits per heavy atom. The third-order valence-electron chi connectivity index (χ3n) is 2.90. The summed E-state index contributed by atoms with van der Waals surface area (Å²) in [6.45, 7) is 4.22. The first kappa shape index (κ1) is 13.7. The van der Waals surface area contributed by atoms with E-state index >= 15 is 0 Å². The van der Waals surface area contributed by atoms with Gasteiger partial charge in [0, 0.05) is 14.2 Å². The summed E-state index contributed by atoms with van der Waals surface area (Å²) in [5, 5.41) is 3.31. The Kier molecular flexibility index (Phi) is 4.20. The summed E-state index contributed by atoms with van der Waals surface area (Å²) in [7, 11) is 1.93. The molecule has 0 saturated heterocycles. The molecule has 1 aromatic carbocycles. The van der Waals surface area contributed by atoms with Crippen molar-refractivity contribution in [2.75, 3.05) is 7.05 Å². The van der Waals surface area contributed by atoms with Gasteiger partial charge in [0.25, 0.3) is 0 Å². The van der Waals surface area contributed by atoms with Gasteiger partial charge in [-0.3, -0.25) is 0 Å². The molecule has 1 atom stereocenters. The number of hydrogen-bond acceptors (Lipinski definition) is 2. The highest BCUT2D eigenvalue weighted by molar-refractivity contribution is 9.10. The van der Waals surface area contributed by atoms with Crippen LogP contribution < -0.4 is 5.32 Å². The lowest BCUT2D eigenvalue weighted by molar-refractivity contribution is 0.622. The first-order valence-corrected chi connectivity index (χ1v) is 7.33. The van der Waals surface area contributed by atoms with Crippen LogP contribution in [0.2, 0.25) is 0 Å². The highest BCUT2D eigenvalue weighted by Crippen LogP contribution is 2.35. The number of hydrogen-bond donors (Lipinski definition) is 1. The van der Waals surface area contributed by atoms with Gasteiger partial charge in [-0.15, -0.1) is 11.3 Å². The van der Waals surface area contributed by atoms with Gasteiger partial charge in [0.2, 0.25) is 0 Å². The highest BCUT2D eigenvalue weighted by atomic mass is 79.9. The van der Waals surface area contributed by atoms with Crippen LogP contribution in [-0.2, 0) is 0 Å². The molecule has 0 radical (unpaired) electrons. The molecule has 0 saturated carbocycles. The molecule has 4 heteroatoms. The van der Waals surface area contributed by atoms with Crippen molar-refractivity contribution in [3.8, 4) is 0 Å². The molecule has 0 amide bonds. The van der Waals surface area contributed by atoms with Crippen molar-refractivity contribution < 1.29 is 4.39 Å². The van der Waals surface area contributed by atoms with E-state index in [1.54, 1.807) is 11.3 Å². The van der Waals surface area contributed by atoms with Gasteiger partial charge in [0.1, 0.15) is 5.82 Å². The maximum absolute atomic E-state index is 13.2. The van der Waals surface area contributed by atoms with E-state index in [2.05, 4.69) is 41.2 Å². The van der Waals surface area contributed by atoms with Crippen molar-refractivity contribution in [1.29, 1.82) is 0 Å². The summed E-state index contributed by atoms with van der Waals surface area (Å²) >= 11 is 5.22. The van der Waals surface area contributed by atoms with Crippen molar-refractivity contribution in [3.05, 3.63) is 55.4 Å². The van der Waals surface area contributed by atoms with Crippen LogP contribution in [0.5, 0.6) is 0 Å². The molecule has 1 N–H and O–H groups in total. The molecule has 18 heavy (non-hydrogen) atoms. The van der Waals surface area contributed by atoms with Gasteiger partial charge >= 0.3 is 0 Å². The van der Waals surface area contributed by atoms with E-state index < -0.39 is 0 Å². The second-order valence-electron chi connectivity index (χ2n) is 4.29. The predicted molar refractivity (Wildman–Crippen MR) is 78.8 cm³/mol. The fraction of sp³-hybridized carbons (Fsp3) is 0.286. The average molecular weight is 328 g/mol. The molecule has 1 unspecified atom stereocenters. The summed E-state index contributed by atoms with van der Waals surface area (Å²) in [6.07, 6.45) is 0. The normalized spacial score (nSPS) is 12.7. The Morgan fingerprint density at radius 2 is 2.00 bits per heavy atom. The lowest BCUT2D eigenvalue weighted by Gasteiger charge is -2.18. The Balaban J connectivity index is 2.48.